The number of hydrogen-bond donors (Lipinski definition) is 1. The molecular formula is C13H24N2O4S. The van der Waals surface area contributed by atoms with Gasteiger partial charge in [-0.25, -0.2) is 0 Å². The van der Waals surface area contributed by atoms with Gasteiger partial charge in [-0.05, 0) is 31.6 Å². The molecule has 0 atom stereocenters. The Kier molecular flexibility index (Phi) is 5.04. The maximum Gasteiger partial charge on any atom is 0.306 e. The molecule has 1 aliphatic carbocycles. The molecule has 2 aliphatic rings. The Bertz CT molecular complexity index is 437. The van der Waals surface area contributed by atoms with Gasteiger partial charge in [0.15, 0.2) is 0 Å². The van der Waals surface area contributed by atoms with Crippen molar-refractivity contribution in [3.05, 3.63) is 0 Å². The first kappa shape index (κ1) is 15.7. The van der Waals surface area contributed by atoms with E-state index >= 15 is 0 Å². The minimum Gasteiger partial charge on any atom is -0.481 e. The monoisotopic (exact) mass is 304 g/mol. The zero-order chi connectivity index (χ0) is 14.8. The van der Waals surface area contributed by atoms with Crippen LogP contribution in [0.25, 0.3) is 0 Å². The second-order valence-corrected chi connectivity index (χ2v) is 7.99. The van der Waals surface area contributed by atoms with Crippen LogP contribution in [0.3, 0.4) is 0 Å². The van der Waals surface area contributed by atoms with Crippen LogP contribution in [0.5, 0.6) is 0 Å². The summed E-state index contributed by atoms with van der Waals surface area (Å²) in [5.74, 6) is -0.741. The highest BCUT2D eigenvalue weighted by Gasteiger charge is 2.34. The fraction of sp³-hybridized carbons (Fsp3) is 0.923. The smallest absolute Gasteiger partial charge is 0.306 e. The minimum atomic E-state index is -3.42. The van der Waals surface area contributed by atoms with Crippen molar-refractivity contribution < 1.29 is 18.3 Å². The van der Waals surface area contributed by atoms with E-state index in [9.17, 15) is 13.2 Å². The first-order valence-corrected chi connectivity index (χ1v) is 8.75. The van der Waals surface area contributed by atoms with Crippen LogP contribution in [0.15, 0.2) is 0 Å². The third-order valence-electron chi connectivity index (χ3n) is 4.51. The second kappa shape index (κ2) is 6.41. The Balaban J connectivity index is 1.91. The van der Waals surface area contributed by atoms with Gasteiger partial charge in [0.05, 0.1) is 5.92 Å². The fourth-order valence-electron chi connectivity index (χ4n) is 3.18. The normalized spacial score (nSPS) is 23.5. The van der Waals surface area contributed by atoms with Crippen LogP contribution in [0, 0.1) is 11.8 Å². The first-order chi connectivity index (χ1) is 9.41. The molecule has 1 aliphatic heterocycles. The molecule has 0 aromatic carbocycles. The lowest BCUT2D eigenvalue weighted by molar-refractivity contribution is -0.142. The lowest BCUT2D eigenvalue weighted by Crippen LogP contribution is -2.47. The van der Waals surface area contributed by atoms with Crippen molar-refractivity contribution in [2.75, 3.05) is 26.7 Å². The molecule has 1 saturated carbocycles. The van der Waals surface area contributed by atoms with Crippen LogP contribution >= 0.6 is 0 Å². The lowest BCUT2D eigenvalue weighted by Gasteiger charge is -2.33. The standard InChI is InChI=1S/C13H24N2O4S/c1-14(10-11-4-2-3-5-11)20(18,19)15-8-6-12(7-9-15)13(16)17/h11-12H,2-10H2,1H3,(H,16,17). The number of rotatable bonds is 5. The molecule has 0 unspecified atom stereocenters. The molecule has 0 aromatic heterocycles. The molecular weight excluding hydrogens is 280 g/mol. The van der Waals surface area contributed by atoms with Gasteiger partial charge >= 0.3 is 5.97 Å². The minimum absolute atomic E-state index is 0.314. The highest BCUT2D eigenvalue weighted by molar-refractivity contribution is 7.86. The van der Waals surface area contributed by atoms with E-state index in [-0.39, 0.29) is 0 Å². The maximum absolute atomic E-state index is 12.5. The van der Waals surface area contributed by atoms with Crippen LogP contribution in [0.1, 0.15) is 38.5 Å². The number of carboxylic acid groups (broad SMARTS) is 1. The Labute approximate surface area is 120 Å². The van der Waals surface area contributed by atoms with Gasteiger partial charge in [0.25, 0.3) is 10.2 Å². The number of nitrogens with zero attached hydrogens (tertiary/aromatic N) is 2. The van der Waals surface area contributed by atoms with E-state index < -0.39 is 22.1 Å². The van der Waals surface area contributed by atoms with E-state index in [1.54, 1.807) is 7.05 Å². The van der Waals surface area contributed by atoms with E-state index in [0.29, 0.717) is 38.4 Å². The summed E-state index contributed by atoms with van der Waals surface area (Å²) in [6, 6.07) is 0. The summed E-state index contributed by atoms with van der Waals surface area (Å²) in [7, 11) is -1.79. The first-order valence-electron chi connectivity index (χ1n) is 7.35. The lowest BCUT2D eigenvalue weighted by atomic mass is 9.99. The summed E-state index contributed by atoms with van der Waals surface area (Å²) in [5, 5.41) is 8.95. The molecule has 20 heavy (non-hydrogen) atoms. The molecule has 1 saturated heterocycles. The number of carbonyl (C=O) groups is 1. The Morgan fingerprint density at radius 1 is 1.20 bits per heavy atom. The number of hydrogen-bond acceptors (Lipinski definition) is 3. The van der Waals surface area contributed by atoms with Crippen molar-refractivity contribution in [1.82, 2.24) is 8.61 Å². The predicted molar refractivity (Wildman–Crippen MR) is 75.4 cm³/mol. The van der Waals surface area contributed by atoms with Gasteiger partial charge < -0.3 is 5.11 Å². The van der Waals surface area contributed by atoms with Gasteiger partial charge in [-0.2, -0.15) is 17.0 Å². The summed E-state index contributed by atoms with van der Waals surface area (Å²) >= 11 is 0. The van der Waals surface area contributed by atoms with E-state index in [1.165, 1.54) is 21.5 Å². The SMILES string of the molecule is CN(CC1CCCC1)S(=O)(=O)N1CCC(C(=O)O)CC1. The fourth-order valence-corrected chi connectivity index (χ4v) is 4.65. The maximum atomic E-state index is 12.5. The third-order valence-corrected chi connectivity index (χ3v) is 6.47. The average Bonchev–Trinajstić information content (AvgIpc) is 2.91. The largest absolute Gasteiger partial charge is 0.481 e. The molecule has 0 radical (unpaired) electrons. The Morgan fingerprint density at radius 3 is 2.25 bits per heavy atom. The van der Waals surface area contributed by atoms with E-state index in [2.05, 4.69) is 0 Å². The molecule has 6 nitrogen and oxygen atoms in total. The molecule has 116 valence electrons. The van der Waals surface area contributed by atoms with Gasteiger partial charge in [0.2, 0.25) is 0 Å². The summed E-state index contributed by atoms with van der Waals surface area (Å²) in [6.45, 7) is 1.21. The van der Waals surface area contributed by atoms with Gasteiger partial charge in [-0.3, -0.25) is 4.79 Å². The summed E-state index contributed by atoms with van der Waals surface area (Å²) < 4.78 is 27.8. The zero-order valence-electron chi connectivity index (χ0n) is 12.0. The van der Waals surface area contributed by atoms with Crippen LogP contribution in [0.4, 0.5) is 0 Å². The molecule has 0 aromatic rings. The predicted octanol–water partition coefficient (Wildman–Crippen LogP) is 1.15. The Morgan fingerprint density at radius 2 is 1.75 bits per heavy atom. The van der Waals surface area contributed by atoms with Crippen molar-refractivity contribution >= 4 is 16.2 Å². The van der Waals surface area contributed by atoms with Crippen molar-refractivity contribution in [1.29, 1.82) is 0 Å². The highest BCUT2D eigenvalue weighted by Crippen LogP contribution is 2.27. The summed E-state index contributed by atoms with van der Waals surface area (Å²) in [4.78, 5) is 10.9. The van der Waals surface area contributed by atoms with Crippen molar-refractivity contribution in [2.45, 2.75) is 38.5 Å². The number of piperidine rings is 1. The molecule has 0 spiro atoms. The summed E-state index contributed by atoms with van der Waals surface area (Å²) in [6.07, 6.45) is 5.44. The molecule has 7 heteroatoms. The number of aliphatic carboxylic acids is 1. The topological polar surface area (TPSA) is 77.9 Å². The van der Waals surface area contributed by atoms with Gasteiger partial charge in [-0.1, -0.05) is 12.8 Å². The van der Waals surface area contributed by atoms with Crippen LogP contribution in [-0.4, -0.2) is 54.8 Å². The Hall–Kier alpha value is -0.660. The van der Waals surface area contributed by atoms with Crippen LogP contribution < -0.4 is 0 Å². The quantitative estimate of drug-likeness (QED) is 0.826. The second-order valence-electron chi connectivity index (χ2n) is 5.95. The molecule has 1 heterocycles. The molecule has 0 amide bonds. The highest BCUT2D eigenvalue weighted by atomic mass is 32.2. The average molecular weight is 304 g/mol. The van der Waals surface area contributed by atoms with Crippen molar-refractivity contribution in [3.63, 3.8) is 0 Å². The molecule has 2 rings (SSSR count). The van der Waals surface area contributed by atoms with E-state index in [0.717, 1.165) is 12.8 Å². The van der Waals surface area contributed by atoms with Gasteiger partial charge in [0.1, 0.15) is 0 Å². The number of carboxylic acids is 1. The third kappa shape index (κ3) is 3.51. The van der Waals surface area contributed by atoms with Gasteiger partial charge in [0, 0.05) is 26.7 Å². The molecule has 1 N–H and O–H groups in total. The molecule has 2 fully saturated rings. The van der Waals surface area contributed by atoms with Crippen LogP contribution in [0.2, 0.25) is 0 Å². The van der Waals surface area contributed by atoms with E-state index in [4.69, 9.17) is 5.11 Å². The van der Waals surface area contributed by atoms with Crippen molar-refractivity contribution in [2.24, 2.45) is 11.8 Å². The zero-order valence-corrected chi connectivity index (χ0v) is 12.8. The van der Waals surface area contributed by atoms with Crippen molar-refractivity contribution in [3.8, 4) is 0 Å². The summed E-state index contributed by atoms with van der Waals surface area (Å²) in [5.41, 5.74) is 0. The van der Waals surface area contributed by atoms with E-state index in [1.807, 2.05) is 0 Å². The van der Waals surface area contributed by atoms with Gasteiger partial charge in [-0.15, -0.1) is 0 Å². The van der Waals surface area contributed by atoms with Crippen LogP contribution in [-0.2, 0) is 15.0 Å². The molecule has 0 bridgehead atoms.